The third-order valence-corrected chi connectivity index (χ3v) is 6.27. The SMILES string of the molecule is C=C1CC[C@]23CC1C(C)(C)C2[C@H](O)C[C@@H]3C. The fraction of sp³-hybridized carbons (Fsp3) is 0.867. The van der Waals surface area contributed by atoms with Crippen LogP contribution in [0.15, 0.2) is 12.2 Å². The van der Waals surface area contributed by atoms with Crippen LogP contribution in [0, 0.1) is 28.6 Å². The van der Waals surface area contributed by atoms with Crippen molar-refractivity contribution in [2.24, 2.45) is 28.6 Å². The van der Waals surface area contributed by atoms with Crippen molar-refractivity contribution in [3.05, 3.63) is 12.2 Å². The molecule has 1 N–H and O–H groups in total. The predicted octanol–water partition coefficient (Wildman–Crippen LogP) is 3.39. The summed E-state index contributed by atoms with van der Waals surface area (Å²) in [5.74, 6) is 1.87. The lowest BCUT2D eigenvalue weighted by molar-refractivity contribution is 0.0300. The zero-order chi connectivity index (χ0) is 11.7. The number of hydrogen-bond donors (Lipinski definition) is 1. The Hall–Kier alpha value is -0.300. The van der Waals surface area contributed by atoms with Gasteiger partial charge in [0, 0.05) is 0 Å². The largest absolute Gasteiger partial charge is 0.393 e. The summed E-state index contributed by atoms with van der Waals surface area (Å²) in [6.07, 6.45) is 4.71. The van der Waals surface area contributed by atoms with E-state index in [9.17, 15) is 5.11 Å². The van der Waals surface area contributed by atoms with E-state index in [1.165, 1.54) is 24.8 Å². The number of fused-ring (bicyclic) bond motifs is 1. The van der Waals surface area contributed by atoms with E-state index in [1.807, 2.05) is 0 Å². The molecular weight excluding hydrogens is 196 g/mol. The van der Waals surface area contributed by atoms with Crippen LogP contribution < -0.4 is 0 Å². The van der Waals surface area contributed by atoms with Crippen LogP contribution in [0.3, 0.4) is 0 Å². The van der Waals surface area contributed by atoms with Gasteiger partial charge in [-0.2, -0.15) is 0 Å². The first-order valence-corrected chi connectivity index (χ1v) is 6.75. The minimum Gasteiger partial charge on any atom is -0.393 e. The van der Waals surface area contributed by atoms with E-state index >= 15 is 0 Å². The molecule has 90 valence electrons. The maximum atomic E-state index is 10.4. The van der Waals surface area contributed by atoms with Gasteiger partial charge in [-0.15, -0.1) is 0 Å². The van der Waals surface area contributed by atoms with Crippen LogP contribution in [-0.2, 0) is 0 Å². The van der Waals surface area contributed by atoms with Gasteiger partial charge in [-0.25, -0.2) is 0 Å². The molecule has 3 fully saturated rings. The molecule has 1 nitrogen and oxygen atoms in total. The highest BCUT2D eigenvalue weighted by Gasteiger charge is 2.66. The zero-order valence-corrected chi connectivity index (χ0v) is 10.8. The van der Waals surface area contributed by atoms with E-state index in [0.29, 0.717) is 23.2 Å². The molecule has 1 heteroatoms. The molecule has 0 aromatic heterocycles. The molecule has 2 unspecified atom stereocenters. The fourth-order valence-corrected chi connectivity index (χ4v) is 5.59. The van der Waals surface area contributed by atoms with Gasteiger partial charge < -0.3 is 5.11 Å². The van der Waals surface area contributed by atoms with Gasteiger partial charge in [0.2, 0.25) is 0 Å². The second-order valence-electron chi connectivity index (χ2n) is 7.15. The third-order valence-electron chi connectivity index (χ3n) is 6.27. The first kappa shape index (κ1) is 10.8. The highest BCUT2D eigenvalue weighted by atomic mass is 16.3. The molecule has 0 aromatic rings. The molecule has 16 heavy (non-hydrogen) atoms. The molecule has 0 heterocycles. The normalized spacial score (nSPS) is 54.1. The zero-order valence-electron chi connectivity index (χ0n) is 10.8. The van der Waals surface area contributed by atoms with Gasteiger partial charge in [0.05, 0.1) is 6.10 Å². The van der Waals surface area contributed by atoms with Gasteiger partial charge in [-0.05, 0) is 54.3 Å². The van der Waals surface area contributed by atoms with Gasteiger partial charge in [0.15, 0.2) is 0 Å². The Labute approximate surface area is 98.9 Å². The van der Waals surface area contributed by atoms with Crippen molar-refractivity contribution in [2.45, 2.75) is 52.6 Å². The smallest absolute Gasteiger partial charge is 0.0581 e. The molecule has 0 aliphatic heterocycles. The third kappa shape index (κ3) is 1.01. The fourth-order valence-electron chi connectivity index (χ4n) is 5.59. The molecule has 0 saturated heterocycles. The van der Waals surface area contributed by atoms with E-state index in [0.717, 1.165) is 6.42 Å². The van der Waals surface area contributed by atoms with E-state index < -0.39 is 0 Å². The number of rotatable bonds is 0. The second kappa shape index (κ2) is 2.93. The quantitative estimate of drug-likeness (QED) is 0.620. The van der Waals surface area contributed by atoms with E-state index in [4.69, 9.17) is 0 Å². The number of aliphatic hydroxyl groups is 1. The van der Waals surface area contributed by atoms with Crippen molar-refractivity contribution in [3.63, 3.8) is 0 Å². The summed E-state index contributed by atoms with van der Waals surface area (Å²) >= 11 is 0. The van der Waals surface area contributed by atoms with Crippen LogP contribution in [0.25, 0.3) is 0 Å². The van der Waals surface area contributed by atoms with Gasteiger partial charge in [-0.3, -0.25) is 0 Å². The van der Waals surface area contributed by atoms with Crippen molar-refractivity contribution < 1.29 is 5.11 Å². The Bertz CT molecular complexity index is 343. The maximum absolute atomic E-state index is 10.4. The van der Waals surface area contributed by atoms with Crippen molar-refractivity contribution in [1.29, 1.82) is 0 Å². The van der Waals surface area contributed by atoms with E-state index in [-0.39, 0.29) is 11.5 Å². The lowest BCUT2D eigenvalue weighted by Gasteiger charge is -2.38. The van der Waals surface area contributed by atoms with Gasteiger partial charge in [0.25, 0.3) is 0 Å². The highest BCUT2D eigenvalue weighted by molar-refractivity contribution is 5.24. The van der Waals surface area contributed by atoms with Gasteiger partial charge in [0.1, 0.15) is 0 Å². The molecule has 3 aliphatic carbocycles. The van der Waals surface area contributed by atoms with E-state index in [2.05, 4.69) is 27.4 Å². The van der Waals surface area contributed by atoms with Crippen molar-refractivity contribution in [1.82, 2.24) is 0 Å². The molecule has 3 aliphatic rings. The van der Waals surface area contributed by atoms with Crippen LogP contribution in [0.4, 0.5) is 0 Å². The van der Waals surface area contributed by atoms with Gasteiger partial charge in [-0.1, -0.05) is 32.9 Å². The summed E-state index contributed by atoms with van der Waals surface area (Å²) in [7, 11) is 0. The summed E-state index contributed by atoms with van der Waals surface area (Å²) in [6.45, 7) is 11.4. The Kier molecular flexibility index (Phi) is 1.98. The summed E-state index contributed by atoms with van der Waals surface area (Å²) in [6, 6.07) is 0. The first-order chi connectivity index (χ1) is 7.39. The minimum absolute atomic E-state index is 0.0686. The average Bonchev–Trinajstić information content (AvgIpc) is 2.54. The van der Waals surface area contributed by atoms with Crippen LogP contribution in [0.5, 0.6) is 0 Å². The number of allylic oxidation sites excluding steroid dienone is 1. The molecular formula is C15H24O. The van der Waals surface area contributed by atoms with Crippen LogP contribution in [0.1, 0.15) is 46.5 Å². The van der Waals surface area contributed by atoms with Gasteiger partial charge >= 0.3 is 0 Å². The molecule has 1 spiro atoms. The molecule has 3 rings (SSSR count). The Morgan fingerprint density at radius 1 is 1.38 bits per heavy atom. The summed E-state index contributed by atoms with van der Waals surface area (Å²) in [4.78, 5) is 0. The molecule has 0 aromatic carbocycles. The van der Waals surface area contributed by atoms with Crippen molar-refractivity contribution >= 4 is 0 Å². The number of hydrogen-bond acceptors (Lipinski definition) is 1. The molecule has 2 bridgehead atoms. The predicted molar refractivity (Wildman–Crippen MR) is 66.0 cm³/mol. The second-order valence-corrected chi connectivity index (χ2v) is 7.15. The number of aliphatic hydroxyl groups excluding tert-OH is 1. The highest BCUT2D eigenvalue weighted by Crippen LogP contribution is 2.72. The minimum atomic E-state index is -0.0686. The van der Waals surface area contributed by atoms with Crippen molar-refractivity contribution in [2.75, 3.05) is 0 Å². The summed E-state index contributed by atoms with van der Waals surface area (Å²) in [5.41, 5.74) is 2.15. The average molecular weight is 220 g/mol. The monoisotopic (exact) mass is 220 g/mol. The van der Waals surface area contributed by atoms with Crippen LogP contribution in [-0.4, -0.2) is 11.2 Å². The standard InChI is InChI=1S/C15H24O/c1-9-5-6-15-8-11(9)14(3,4)13(15)12(16)7-10(15)2/h10-13,16H,1,5-8H2,2-4H3/t10-,11?,12+,13?,15+/m0/s1. The van der Waals surface area contributed by atoms with Crippen LogP contribution >= 0.6 is 0 Å². The van der Waals surface area contributed by atoms with Crippen LogP contribution in [0.2, 0.25) is 0 Å². The lowest BCUT2D eigenvalue weighted by atomic mass is 9.67. The summed E-state index contributed by atoms with van der Waals surface area (Å²) in [5, 5.41) is 10.4. The Morgan fingerprint density at radius 2 is 2.06 bits per heavy atom. The Morgan fingerprint density at radius 3 is 2.75 bits per heavy atom. The van der Waals surface area contributed by atoms with E-state index in [1.54, 1.807) is 0 Å². The van der Waals surface area contributed by atoms with Crippen molar-refractivity contribution in [3.8, 4) is 0 Å². The maximum Gasteiger partial charge on any atom is 0.0581 e. The Balaban J connectivity index is 2.11. The topological polar surface area (TPSA) is 20.2 Å². The summed E-state index contributed by atoms with van der Waals surface area (Å²) < 4.78 is 0. The first-order valence-electron chi connectivity index (χ1n) is 6.75. The molecule has 0 radical (unpaired) electrons. The lowest BCUT2D eigenvalue weighted by Crippen LogP contribution is -2.35. The molecule has 5 atom stereocenters. The molecule has 0 amide bonds. The molecule has 3 saturated carbocycles.